The predicted octanol–water partition coefficient (Wildman–Crippen LogP) is 2.74. The van der Waals surface area contributed by atoms with Gasteiger partial charge >= 0.3 is 12.1 Å². The zero-order valence-corrected chi connectivity index (χ0v) is 10.3. The molecule has 2 N–H and O–H groups in total. The Kier molecular flexibility index (Phi) is 7.38. The minimum atomic E-state index is -5.08. The average Bonchev–Trinajstić information content (AvgIpc) is 2.27. The van der Waals surface area contributed by atoms with Crippen LogP contribution in [-0.4, -0.2) is 30.8 Å². The molecule has 1 rings (SSSR count). The van der Waals surface area contributed by atoms with Crippen molar-refractivity contribution in [2.45, 2.75) is 12.6 Å². The van der Waals surface area contributed by atoms with Gasteiger partial charge in [0.25, 0.3) is 0 Å². The summed E-state index contributed by atoms with van der Waals surface area (Å²) < 4.78 is 31.7. The quantitative estimate of drug-likeness (QED) is 0.897. The smallest absolute Gasteiger partial charge is 0.475 e. The highest BCUT2D eigenvalue weighted by molar-refractivity contribution is 6.31. The van der Waals surface area contributed by atoms with E-state index in [2.05, 4.69) is 11.4 Å². The van der Waals surface area contributed by atoms with Crippen LogP contribution in [0, 0.1) is 0 Å². The number of halogens is 4. The molecule has 0 saturated heterocycles. The van der Waals surface area contributed by atoms with Crippen LogP contribution < -0.4 is 5.32 Å². The van der Waals surface area contributed by atoms with Crippen molar-refractivity contribution in [2.24, 2.45) is 0 Å². The van der Waals surface area contributed by atoms with Gasteiger partial charge in [0.15, 0.2) is 0 Å². The van der Waals surface area contributed by atoms with Gasteiger partial charge in [0, 0.05) is 5.02 Å². The first-order valence-corrected chi connectivity index (χ1v) is 5.35. The van der Waals surface area contributed by atoms with E-state index in [1.807, 2.05) is 25.2 Å². The fourth-order valence-electron chi connectivity index (χ4n) is 0.961. The van der Waals surface area contributed by atoms with Crippen LogP contribution in [0.15, 0.2) is 24.3 Å². The molecule has 0 unspecified atom stereocenters. The van der Waals surface area contributed by atoms with Crippen LogP contribution in [0.25, 0.3) is 0 Å². The first kappa shape index (κ1) is 16.7. The van der Waals surface area contributed by atoms with Crippen molar-refractivity contribution in [1.29, 1.82) is 0 Å². The first-order valence-electron chi connectivity index (χ1n) is 4.97. The van der Waals surface area contributed by atoms with Crippen molar-refractivity contribution in [3.05, 3.63) is 34.9 Å². The van der Waals surface area contributed by atoms with E-state index in [9.17, 15) is 13.2 Å². The lowest BCUT2D eigenvalue weighted by molar-refractivity contribution is -0.192. The second kappa shape index (κ2) is 7.94. The maximum absolute atomic E-state index is 10.6. The van der Waals surface area contributed by atoms with E-state index in [-0.39, 0.29) is 0 Å². The lowest BCUT2D eigenvalue weighted by Crippen LogP contribution is -2.21. The normalized spacial score (nSPS) is 10.5. The molecule has 0 aromatic heterocycles. The van der Waals surface area contributed by atoms with Gasteiger partial charge in [-0.1, -0.05) is 29.8 Å². The van der Waals surface area contributed by atoms with Crippen LogP contribution in [0.5, 0.6) is 0 Å². The van der Waals surface area contributed by atoms with Crippen molar-refractivity contribution in [3.63, 3.8) is 0 Å². The van der Waals surface area contributed by atoms with Crippen LogP contribution in [-0.2, 0) is 11.2 Å². The highest BCUT2D eigenvalue weighted by Gasteiger charge is 2.38. The monoisotopic (exact) mass is 283 g/mol. The molecule has 0 amide bonds. The molecule has 0 fully saturated rings. The Morgan fingerprint density at radius 3 is 2.28 bits per heavy atom. The van der Waals surface area contributed by atoms with E-state index in [0.29, 0.717) is 0 Å². The number of carbonyl (C=O) groups is 1. The predicted molar refractivity (Wildman–Crippen MR) is 62.8 cm³/mol. The van der Waals surface area contributed by atoms with Gasteiger partial charge in [-0.2, -0.15) is 13.2 Å². The fourth-order valence-corrected chi connectivity index (χ4v) is 1.19. The lowest BCUT2D eigenvalue weighted by Gasteiger charge is -2.01. The number of aliphatic carboxylic acids is 1. The summed E-state index contributed by atoms with van der Waals surface area (Å²) in [5.41, 5.74) is 1.21. The fraction of sp³-hybridized carbons (Fsp3) is 0.364. The first-order chi connectivity index (χ1) is 8.29. The molecule has 0 saturated carbocycles. The maximum atomic E-state index is 10.6. The molecule has 0 bridgehead atoms. The molecule has 102 valence electrons. The van der Waals surface area contributed by atoms with Gasteiger partial charge in [-0.3, -0.25) is 0 Å². The zero-order chi connectivity index (χ0) is 14.2. The van der Waals surface area contributed by atoms with Crippen LogP contribution in [0.1, 0.15) is 5.56 Å². The Labute approximate surface area is 108 Å². The van der Waals surface area contributed by atoms with Crippen LogP contribution >= 0.6 is 11.6 Å². The lowest BCUT2D eigenvalue weighted by atomic mass is 10.1. The SMILES string of the molecule is CNCCc1ccccc1Cl.O=C(O)C(F)(F)F. The van der Waals surface area contributed by atoms with E-state index < -0.39 is 12.1 Å². The van der Waals surface area contributed by atoms with Crippen molar-refractivity contribution < 1.29 is 23.1 Å². The van der Waals surface area contributed by atoms with E-state index in [1.54, 1.807) is 0 Å². The summed E-state index contributed by atoms with van der Waals surface area (Å²) in [5, 5.41) is 11.1. The third kappa shape index (κ3) is 7.13. The molecule has 7 heteroatoms. The molecule has 0 radical (unpaired) electrons. The van der Waals surface area contributed by atoms with E-state index >= 15 is 0 Å². The van der Waals surface area contributed by atoms with Gasteiger partial charge in [-0.25, -0.2) is 4.79 Å². The zero-order valence-electron chi connectivity index (χ0n) is 9.59. The molecule has 3 nitrogen and oxygen atoms in total. The van der Waals surface area contributed by atoms with Gasteiger partial charge in [0.1, 0.15) is 0 Å². The summed E-state index contributed by atoms with van der Waals surface area (Å²) in [6.45, 7) is 0.976. The van der Waals surface area contributed by atoms with E-state index in [1.165, 1.54) is 5.56 Å². The highest BCUT2D eigenvalue weighted by Crippen LogP contribution is 2.14. The van der Waals surface area contributed by atoms with Crippen LogP contribution in [0.2, 0.25) is 5.02 Å². The summed E-state index contributed by atoms with van der Waals surface area (Å²) in [6, 6.07) is 7.94. The summed E-state index contributed by atoms with van der Waals surface area (Å²) in [4.78, 5) is 8.90. The molecule has 18 heavy (non-hydrogen) atoms. The molecule has 1 aromatic carbocycles. The summed E-state index contributed by atoms with van der Waals surface area (Å²) in [5.74, 6) is -2.76. The van der Waals surface area contributed by atoms with Gasteiger partial charge in [0.2, 0.25) is 0 Å². The molecular weight excluding hydrogens is 271 g/mol. The number of rotatable bonds is 3. The second-order valence-corrected chi connectivity index (χ2v) is 3.66. The molecule has 0 spiro atoms. The van der Waals surface area contributed by atoms with Gasteiger partial charge in [-0.05, 0) is 31.6 Å². The third-order valence-electron chi connectivity index (χ3n) is 1.84. The molecule has 0 aliphatic carbocycles. The standard InChI is InChI=1S/C9H12ClN.C2HF3O2/c1-11-7-6-8-4-2-3-5-9(8)10;3-2(4,5)1(6)7/h2-5,11H,6-7H2,1H3;(H,6,7). The molecule has 1 aromatic rings. The topological polar surface area (TPSA) is 49.3 Å². The summed E-state index contributed by atoms with van der Waals surface area (Å²) in [6.07, 6.45) is -4.09. The Morgan fingerprint density at radius 2 is 1.89 bits per heavy atom. The number of benzene rings is 1. The van der Waals surface area contributed by atoms with Crippen molar-refractivity contribution >= 4 is 17.6 Å². The Bertz CT molecular complexity index is 383. The highest BCUT2D eigenvalue weighted by atomic mass is 35.5. The van der Waals surface area contributed by atoms with Crippen LogP contribution in [0.3, 0.4) is 0 Å². The van der Waals surface area contributed by atoms with Crippen molar-refractivity contribution in [2.75, 3.05) is 13.6 Å². The van der Waals surface area contributed by atoms with Gasteiger partial charge < -0.3 is 10.4 Å². The Morgan fingerprint density at radius 1 is 1.39 bits per heavy atom. The van der Waals surface area contributed by atoms with Gasteiger partial charge in [0.05, 0.1) is 0 Å². The summed E-state index contributed by atoms with van der Waals surface area (Å²) in [7, 11) is 1.94. The second-order valence-electron chi connectivity index (χ2n) is 3.25. The number of hydrogen-bond acceptors (Lipinski definition) is 2. The number of alkyl halides is 3. The molecule has 0 aliphatic rings. The maximum Gasteiger partial charge on any atom is 0.490 e. The van der Waals surface area contributed by atoms with Crippen LogP contribution in [0.4, 0.5) is 13.2 Å². The Hall–Kier alpha value is -1.27. The molecule has 0 heterocycles. The third-order valence-corrected chi connectivity index (χ3v) is 2.21. The number of carboxylic acids is 1. The number of carboxylic acid groups (broad SMARTS) is 1. The van der Waals surface area contributed by atoms with Crippen molar-refractivity contribution in [1.82, 2.24) is 5.32 Å². The largest absolute Gasteiger partial charge is 0.490 e. The molecular formula is C11H13ClF3NO2. The van der Waals surface area contributed by atoms with E-state index in [4.69, 9.17) is 21.5 Å². The number of likely N-dealkylation sites (N-methyl/N-ethyl adjacent to an activating group) is 1. The average molecular weight is 284 g/mol. The Balaban J connectivity index is 0.000000360. The summed E-state index contributed by atoms with van der Waals surface area (Å²) >= 11 is 5.93. The molecule has 0 atom stereocenters. The minimum Gasteiger partial charge on any atom is -0.475 e. The number of hydrogen-bond donors (Lipinski definition) is 2. The molecule has 0 aliphatic heterocycles. The van der Waals surface area contributed by atoms with Gasteiger partial charge in [-0.15, -0.1) is 0 Å². The van der Waals surface area contributed by atoms with Crippen molar-refractivity contribution in [3.8, 4) is 0 Å². The number of nitrogens with one attached hydrogen (secondary N) is 1. The van der Waals surface area contributed by atoms with E-state index in [0.717, 1.165) is 18.0 Å². The minimum absolute atomic E-state index is 0.864.